The summed E-state index contributed by atoms with van der Waals surface area (Å²) in [6.45, 7) is 6.64. The quantitative estimate of drug-likeness (QED) is 0.612. The summed E-state index contributed by atoms with van der Waals surface area (Å²) in [5.74, 6) is 6.40. The van der Waals surface area contributed by atoms with Crippen molar-refractivity contribution in [3.05, 3.63) is 20.3 Å². The van der Waals surface area contributed by atoms with Crippen LogP contribution < -0.4 is 11.3 Å². The largest absolute Gasteiger partial charge is 0.271 e. The number of aryl methyl sites for hydroxylation is 1. The van der Waals surface area contributed by atoms with Gasteiger partial charge in [-0.25, -0.2) is 0 Å². The van der Waals surface area contributed by atoms with E-state index in [1.807, 2.05) is 0 Å². The van der Waals surface area contributed by atoms with Crippen molar-refractivity contribution in [3.63, 3.8) is 0 Å². The Morgan fingerprint density at radius 2 is 2.12 bits per heavy atom. The Morgan fingerprint density at radius 3 is 2.56 bits per heavy atom. The second-order valence-corrected chi connectivity index (χ2v) is 7.05. The van der Waals surface area contributed by atoms with Gasteiger partial charge >= 0.3 is 0 Å². The van der Waals surface area contributed by atoms with Crippen LogP contribution >= 0.6 is 27.3 Å². The predicted octanol–water partition coefficient (Wildman–Crippen LogP) is 4.15. The molecule has 0 fully saturated rings. The lowest BCUT2D eigenvalue weighted by Gasteiger charge is -2.14. The average Bonchev–Trinajstić information content (AvgIpc) is 2.53. The van der Waals surface area contributed by atoms with Crippen LogP contribution in [0.15, 0.2) is 9.85 Å². The summed E-state index contributed by atoms with van der Waals surface area (Å²) in [4.78, 5) is 1.33. The van der Waals surface area contributed by atoms with Crippen LogP contribution in [0.2, 0.25) is 0 Å². The molecule has 0 amide bonds. The molecule has 4 heteroatoms. The van der Waals surface area contributed by atoms with E-state index in [1.54, 1.807) is 11.3 Å². The third kappa shape index (κ3) is 4.17. The number of nitrogens with one attached hydrogen (secondary N) is 1. The molecule has 0 spiro atoms. The zero-order valence-corrected chi connectivity index (χ0v) is 12.6. The van der Waals surface area contributed by atoms with Gasteiger partial charge in [0.2, 0.25) is 0 Å². The van der Waals surface area contributed by atoms with E-state index in [1.165, 1.54) is 27.1 Å². The van der Waals surface area contributed by atoms with Crippen molar-refractivity contribution in [3.8, 4) is 0 Å². The van der Waals surface area contributed by atoms with Gasteiger partial charge in [0, 0.05) is 4.88 Å². The molecule has 0 aliphatic rings. The molecule has 0 aliphatic heterocycles. The molecule has 1 aromatic rings. The van der Waals surface area contributed by atoms with Gasteiger partial charge in [0.15, 0.2) is 0 Å². The Labute approximate surface area is 111 Å². The van der Waals surface area contributed by atoms with Crippen molar-refractivity contribution >= 4 is 27.3 Å². The molecule has 0 saturated heterocycles. The zero-order valence-electron chi connectivity index (χ0n) is 10.2. The summed E-state index contributed by atoms with van der Waals surface area (Å²) in [5, 5.41) is 0. The lowest BCUT2D eigenvalue weighted by molar-refractivity contribution is 0.459. The number of hydrogen-bond acceptors (Lipinski definition) is 3. The van der Waals surface area contributed by atoms with Crippen LogP contribution in [0.25, 0.3) is 0 Å². The zero-order chi connectivity index (χ0) is 12.1. The van der Waals surface area contributed by atoms with Crippen LogP contribution in [0, 0.1) is 12.8 Å². The molecule has 1 unspecified atom stereocenters. The Balaban J connectivity index is 2.53. The highest BCUT2D eigenvalue weighted by molar-refractivity contribution is 9.11. The minimum Gasteiger partial charge on any atom is -0.271 e. The molecule has 0 aliphatic carbocycles. The van der Waals surface area contributed by atoms with Crippen molar-refractivity contribution < 1.29 is 0 Å². The molecule has 16 heavy (non-hydrogen) atoms. The molecule has 2 nitrogen and oxygen atoms in total. The van der Waals surface area contributed by atoms with E-state index >= 15 is 0 Å². The fourth-order valence-electron chi connectivity index (χ4n) is 1.69. The van der Waals surface area contributed by atoms with E-state index < -0.39 is 0 Å². The molecule has 1 atom stereocenters. The third-order valence-electron chi connectivity index (χ3n) is 2.70. The van der Waals surface area contributed by atoms with Crippen molar-refractivity contribution in [1.82, 2.24) is 5.43 Å². The maximum Gasteiger partial charge on any atom is 0.0731 e. The SMILES string of the molecule is Cc1cc(C(CCCC(C)C)NN)sc1Br. The normalized spacial score (nSPS) is 13.4. The molecule has 92 valence electrons. The predicted molar refractivity (Wildman–Crippen MR) is 75.5 cm³/mol. The maximum atomic E-state index is 5.62. The number of nitrogens with two attached hydrogens (primary N) is 1. The lowest BCUT2D eigenvalue weighted by atomic mass is 10.0. The van der Waals surface area contributed by atoms with Crippen LogP contribution in [0.5, 0.6) is 0 Å². The molecule has 0 saturated carbocycles. The molecule has 0 bridgehead atoms. The Morgan fingerprint density at radius 1 is 1.44 bits per heavy atom. The van der Waals surface area contributed by atoms with E-state index in [0.29, 0.717) is 6.04 Å². The standard InChI is InChI=1S/C12H21BrN2S/c1-8(2)5-4-6-10(15-14)11-7-9(3)12(13)16-11/h7-8,10,15H,4-6,14H2,1-3H3. The highest BCUT2D eigenvalue weighted by Crippen LogP contribution is 2.33. The van der Waals surface area contributed by atoms with E-state index in [2.05, 4.69) is 48.2 Å². The van der Waals surface area contributed by atoms with Crippen LogP contribution in [0.3, 0.4) is 0 Å². The second kappa shape index (κ2) is 6.74. The molecule has 0 radical (unpaired) electrons. The molecular formula is C12H21BrN2S. The van der Waals surface area contributed by atoms with E-state index in [-0.39, 0.29) is 0 Å². The van der Waals surface area contributed by atoms with Crippen molar-refractivity contribution in [1.29, 1.82) is 0 Å². The Kier molecular flexibility index (Phi) is 5.97. The topological polar surface area (TPSA) is 38.0 Å². The number of thiophene rings is 1. The van der Waals surface area contributed by atoms with Gasteiger partial charge in [-0.1, -0.05) is 26.7 Å². The molecular weight excluding hydrogens is 284 g/mol. The molecule has 1 heterocycles. The van der Waals surface area contributed by atoms with Crippen LogP contribution in [0.1, 0.15) is 49.6 Å². The van der Waals surface area contributed by atoms with E-state index in [9.17, 15) is 0 Å². The fourth-order valence-corrected chi connectivity index (χ4v) is 3.36. The lowest BCUT2D eigenvalue weighted by Crippen LogP contribution is -2.27. The summed E-state index contributed by atoms with van der Waals surface area (Å²) in [6, 6.07) is 2.52. The van der Waals surface area contributed by atoms with Gasteiger partial charge < -0.3 is 0 Å². The molecule has 0 aromatic carbocycles. The second-order valence-electron chi connectivity index (χ2n) is 4.65. The van der Waals surface area contributed by atoms with Crippen molar-refractivity contribution in [2.45, 2.75) is 46.1 Å². The van der Waals surface area contributed by atoms with E-state index in [4.69, 9.17) is 5.84 Å². The first-order valence-corrected chi connectivity index (χ1v) is 7.37. The van der Waals surface area contributed by atoms with Crippen LogP contribution in [-0.4, -0.2) is 0 Å². The molecule has 1 rings (SSSR count). The van der Waals surface area contributed by atoms with Crippen LogP contribution in [-0.2, 0) is 0 Å². The first kappa shape index (κ1) is 14.2. The monoisotopic (exact) mass is 304 g/mol. The Bertz CT molecular complexity index is 303. The smallest absolute Gasteiger partial charge is 0.0731 e. The van der Waals surface area contributed by atoms with Crippen molar-refractivity contribution in [2.75, 3.05) is 0 Å². The number of hydrogen-bond donors (Lipinski definition) is 2. The number of halogens is 1. The van der Waals surface area contributed by atoms with Crippen LogP contribution in [0.4, 0.5) is 0 Å². The molecule has 3 N–H and O–H groups in total. The maximum absolute atomic E-state index is 5.62. The highest BCUT2D eigenvalue weighted by Gasteiger charge is 2.13. The Hall–Kier alpha value is 0.100. The van der Waals surface area contributed by atoms with Gasteiger partial charge in [-0.2, -0.15) is 0 Å². The number of rotatable bonds is 6. The summed E-state index contributed by atoms with van der Waals surface area (Å²) in [5.41, 5.74) is 4.22. The van der Waals surface area contributed by atoms with Gasteiger partial charge in [0.25, 0.3) is 0 Å². The average molecular weight is 305 g/mol. The number of hydrazine groups is 1. The summed E-state index contributed by atoms with van der Waals surface area (Å²) in [7, 11) is 0. The third-order valence-corrected chi connectivity index (χ3v) is 4.95. The van der Waals surface area contributed by atoms with Gasteiger partial charge in [0.1, 0.15) is 0 Å². The van der Waals surface area contributed by atoms with E-state index in [0.717, 1.165) is 12.3 Å². The van der Waals surface area contributed by atoms with Crippen molar-refractivity contribution in [2.24, 2.45) is 11.8 Å². The van der Waals surface area contributed by atoms with Gasteiger partial charge in [-0.3, -0.25) is 11.3 Å². The van der Waals surface area contributed by atoms with Gasteiger partial charge in [-0.15, -0.1) is 11.3 Å². The first-order valence-electron chi connectivity index (χ1n) is 5.76. The molecule has 1 aromatic heterocycles. The summed E-state index contributed by atoms with van der Waals surface area (Å²) in [6.07, 6.45) is 3.60. The van der Waals surface area contributed by atoms with Gasteiger partial charge in [0.05, 0.1) is 9.83 Å². The van der Waals surface area contributed by atoms with Gasteiger partial charge in [-0.05, 0) is 46.8 Å². The fraction of sp³-hybridized carbons (Fsp3) is 0.667. The minimum absolute atomic E-state index is 0.300. The summed E-state index contributed by atoms with van der Waals surface area (Å²) < 4.78 is 1.21. The highest BCUT2D eigenvalue weighted by atomic mass is 79.9. The summed E-state index contributed by atoms with van der Waals surface area (Å²) >= 11 is 5.33. The first-order chi connectivity index (χ1) is 7.54. The minimum atomic E-state index is 0.300.